The molecule has 0 aromatic heterocycles. The second-order valence-corrected chi connectivity index (χ2v) is 6.13. The molecule has 0 bridgehead atoms. The van der Waals surface area contributed by atoms with E-state index in [4.69, 9.17) is 20.9 Å². The van der Waals surface area contributed by atoms with Crippen molar-refractivity contribution in [1.82, 2.24) is 0 Å². The van der Waals surface area contributed by atoms with Crippen molar-refractivity contribution in [2.45, 2.75) is 39.4 Å². The maximum Gasteiger partial charge on any atom is 0.496 e. The number of hydrogen-bond donors (Lipinski definition) is 0. The summed E-state index contributed by atoms with van der Waals surface area (Å²) in [6, 6.07) is 7.28. The normalized spacial score (nSPS) is 21.7. The van der Waals surface area contributed by atoms with E-state index in [1.165, 1.54) is 0 Å². The Morgan fingerprint density at radius 2 is 2.11 bits per heavy atom. The van der Waals surface area contributed by atoms with Gasteiger partial charge in [0.15, 0.2) is 0 Å². The van der Waals surface area contributed by atoms with E-state index < -0.39 is 7.12 Å². The van der Waals surface area contributed by atoms with Gasteiger partial charge in [0.2, 0.25) is 0 Å². The molecule has 0 radical (unpaired) electrons. The van der Waals surface area contributed by atoms with Crippen molar-refractivity contribution in [3.63, 3.8) is 0 Å². The molecule has 1 saturated heterocycles. The van der Waals surface area contributed by atoms with Gasteiger partial charge in [-0.25, -0.2) is 0 Å². The minimum Gasteiger partial charge on any atom is -0.401 e. The topological polar surface area (TPSA) is 42.2 Å². The highest BCUT2D eigenvalue weighted by atomic mass is 35.5. The Balaban J connectivity index is 2.35. The molecule has 100 valence electrons. The summed E-state index contributed by atoms with van der Waals surface area (Å²) >= 11 is 6.00. The molecule has 0 saturated carbocycles. The summed E-state index contributed by atoms with van der Waals surface area (Å²) in [7, 11) is -0.532. The Labute approximate surface area is 119 Å². The average molecular weight is 278 g/mol. The zero-order valence-corrected chi connectivity index (χ0v) is 12.4. The number of rotatable bonds is 2. The van der Waals surface area contributed by atoms with Crippen LogP contribution in [0.5, 0.6) is 0 Å². The summed E-state index contributed by atoms with van der Waals surface area (Å²) in [6.45, 7) is 8.21. The SMILES string of the molecule is CC(C)C1OB(c2cc(Cl)ccc2C#N)OC1(C)C. The van der Waals surface area contributed by atoms with Crippen molar-refractivity contribution in [3.8, 4) is 6.07 Å². The van der Waals surface area contributed by atoms with E-state index in [1.54, 1.807) is 18.2 Å². The Morgan fingerprint density at radius 1 is 1.42 bits per heavy atom. The first kappa shape index (κ1) is 14.4. The third-order valence-electron chi connectivity index (χ3n) is 3.36. The van der Waals surface area contributed by atoms with Gasteiger partial charge >= 0.3 is 7.12 Å². The van der Waals surface area contributed by atoms with Gasteiger partial charge in [-0.15, -0.1) is 0 Å². The van der Waals surface area contributed by atoms with Crippen molar-refractivity contribution in [3.05, 3.63) is 28.8 Å². The summed E-state index contributed by atoms with van der Waals surface area (Å²) in [4.78, 5) is 0. The van der Waals surface area contributed by atoms with Crippen LogP contribution in [0, 0.1) is 17.2 Å². The number of nitriles is 1. The van der Waals surface area contributed by atoms with Crippen molar-refractivity contribution >= 4 is 24.2 Å². The number of halogens is 1. The van der Waals surface area contributed by atoms with E-state index in [-0.39, 0.29) is 11.7 Å². The summed E-state index contributed by atoms with van der Waals surface area (Å²) in [5.74, 6) is 0.338. The largest absolute Gasteiger partial charge is 0.496 e. The van der Waals surface area contributed by atoms with Gasteiger partial charge in [-0.1, -0.05) is 25.4 Å². The lowest BCUT2D eigenvalue weighted by Gasteiger charge is -2.28. The molecule has 1 aliphatic heterocycles. The molecule has 1 atom stereocenters. The maximum atomic E-state index is 9.17. The van der Waals surface area contributed by atoms with Gasteiger partial charge in [0.05, 0.1) is 23.3 Å². The van der Waals surface area contributed by atoms with Crippen LogP contribution in [0.3, 0.4) is 0 Å². The summed E-state index contributed by atoms with van der Waals surface area (Å²) < 4.78 is 12.0. The summed E-state index contributed by atoms with van der Waals surface area (Å²) in [5, 5.41) is 9.75. The average Bonchev–Trinajstić information content (AvgIpc) is 2.65. The quantitative estimate of drug-likeness (QED) is 0.781. The number of benzene rings is 1. The standard InChI is InChI=1S/C14H17BClNO2/c1-9(2)13-14(3,4)19-15(18-13)12-7-11(16)6-5-10(12)8-17/h5-7,9,13H,1-4H3. The minimum atomic E-state index is -0.532. The van der Waals surface area contributed by atoms with Crippen molar-refractivity contribution in [2.24, 2.45) is 5.92 Å². The number of nitrogens with zero attached hydrogens (tertiary/aromatic N) is 1. The monoisotopic (exact) mass is 277 g/mol. The summed E-state index contributed by atoms with van der Waals surface area (Å²) in [5.41, 5.74) is 0.856. The second-order valence-electron chi connectivity index (χ2n) is 5.70. The molecule has 1 aromatic carbocycles. The molecule has 3 nitrogen and oxygen atoms in total. The zero-order chi connectivity index (χ0) is 14.2. The molecular weight excluding hydrogens is 260 g/mol. The molecule has 0 spiro atoms. The molecule has 19 heavy (non-hydrogen) atoms. The highest BCUT2D eigenvalue weighted by Gasteiger charge is 2.48. The van der Waals surface area contributed by atoms with Crippen LogP contribution in [-0.4, -0.2) is 18.8 Å². The molecule has 0 N–H and O–H groups in total. The first-order chi connectivity index (χ1) is 8.85. The van der Waals surface area contributed by atoms with Crippen molar-refractivity contribution in [2.75, 3.05) is 0 Å². The van der Waals surface area contributed by atoms with Gasteiger partial charge in [0.25, 0.3) is 0 Å². The van der Waals surface area contributed by atoms with E-state index in [0.717, 1.165) is 0 Å². The Morgan fingerprint density at radius 3 is 2.63 bits per heavy atom. The van der Waals surface area contributed by atoms with Gasteiger partial charge in [0.1, 0.15) is 0 Å². The minimum absolute atomic E-state index is 0.0111. The van der Waals surface area contributed by atoms with Gasteiger partial charge in [0, 0.05) is 10.5 Å². The maximum absolute atomic E-state index is 9.17. The molecule has 1 aromatic rings. The van der Waals surface area contributed by atoms with E-state index in [1.807, 2.05) is 13.8 Å². The fourth-order valence-electron chi connectivity index (χ4n) is 2.59. The van der Waals surface area contributed by atoms with Crippen LogP contribution >= 0.6 is 11.6 Å². The van der Waals surface area contributed by atoms with E-state index >= 15 is 0 Å². The Kier molecular flexibility index (Phi) is 3.91. The molecule has 1 fully saturated rings. The highest BCUT2D eigenvalue weighted by molar-refractivity contribution is 6.63. The predicted octanol–water partition coefficient (Wildman–Crippen LogP) is 2.76. The van der Waals surface area contributed by atoms with Crippen LogP contribution in [0.25, 0.3) is 0 Å². The lowest BCUT2D eigenvalue weighted by molar-refractivity contribution is 0.0438. The van der Waals surface area contributed by atoms with E-state index in [2.05, 4.69) is 19.9 Å². The van der Waals surface area contributed by atoms with E-state index in [9.17, 15) is 5.26 Å². The van der Waals surface area contributed by atoms with Crippen LogP contribution in [-0.2, 0) is 9.31 Å². The molecule has 1 unspecified atom stereocenters. The Hall–Kier alpha value is -1.02. The van der Waals surface area contributed by atoms with Crippen LogP contribution in [0.4, 0.5) is 0 Å². The predicted molar refractivity (Wildman–Crippen MR) is 76.4 cm³/mol. The first-order valence-corrected chi connectivity index (χ1v) is 6.76. The van der Waals surface area contributed by atoms with Gasteiger partial charge in [-0.05, 0) is 38.0 Å². The second kappa shape index (κ2) is 5.17. The molecule has 1 aliphatic rings. The van der Waals surface area contributed by atoms with Crippen molar-refractivity contribution in [1.29, 1.82) is 5.26 Å². The molecule has 0 amide bonds. The lowest BCUT2D eigenvalue weighted by Crippen LogP contribution is -2.37. The zero-order valence-electron chi connectivity index (χ0n) is 11.6. The van der Waals surface area contributed by atoms with Crippen LogP contribution in [0.1, 0.15) is 33.3 Å². The van der Waals surface area contributed by atoms with E-state index in [0.29, 0.717) is 22.0 Å². The third kappa shape index (κ3) is 2.79. The molecular formula is C14H17BClNO2. The van der Waals surface area contributed by atoms with Gasteiger partial charge in [-0.3, -0.25) is 0 Å². The fraction of sp³-hybridized carbons (Fsp3) is 0.500. The highest BCUT2D eigenvalue weighted by Crippen LogP contribution is 2.32. The molecule has 1 heterocycles. The van der Waals surface area contributed by atoms with Crippen molar-refractivity contribution < 1.29 is 9.31 Å². The lowest BCUT2D eigenvalue weighted by atomic mass is 9.76. The van der Waals surface area contributed by atoms with Gasteiger partial charge < -0.3 is 9.31 Å². The van der Waals surface area contributed by atoms with Crippen LogP contribution < -0.4 is 5.46 Å². The third-order valence-corrected chi connectivity index (χ3v) is 3.59. The number of hydrogen-bond acceptors (Lipinski definition) is 3. The van der Waals surface area contributed by atoms with Crippen LogP contribution in [0.2, 0.25) is 5.02 Å². The molecule has 5 heteroatoms. The first-order valence-electron chi connectivity index (χ1n) is 6.38. The van der Waals surface area contributed by atoms with Crippen LogP contribution in [0.15, 0.2) is 18.2 Å². The summed E-state index contributed by atoms with van der Waals surface area (Å²) in [6.07, 6.45) is -0.0111. The smallest absolute Gasteiger partial charge is 0.401 e. The molecule has 0 aliphatic carbocycles. The van der Waals surface area contributed by atoms with Gasteiger partial charge in [-0.2, -0.15) is 5.26 Å². The molecule has 2 rings (SSSR count). The Bertz CT molecular complexity index is 525. The fourth-order valence-corrected chi connectivity index (χ4v) is 2.78.